The molecule has 6 nitrogen and oxygen atoms in total. The van der Waals surface area contributed by atoms with E-state index in [0.717, 1.165) is 13.1 Å². The molecule has 0 aliphatic carbocycles. The zero-order valence-corrected chi connectivity index (χ0v) is 22.5. The second-order valence-electron chi connectivity index (χ2n) is 10.3. The first-order chi connectivity index (χ1) is 20.1. The first-order valence-electron chi connectivity index (χ1n) is 12.5. The number of carbonyl (C=O) groups is 4. The predicted molar refractivity (Wildman–Crippen MR) is 134 cm³/mol. The quantitative estimate of drug-likeness (QED) is 0.238. The molecular formula is C29H17F9N2O4. The molecule has 0 fully saturated rings. The fourth-order valence-electron chi connectivity index (χ4n) is 5.51. The van der Waals surface area contributed by atoms with Gasteiger partial charge in [-0.2, -0.15) is 39.5 Å². The molecule has 0 atom stereocenters. The predicted octanol–water partition coefficient (Wildman–Crippen LogP) is 6.76. The molecule has 2 heterocycles. The number of hydrogen-bond donors (Lipinski definition) is 0. The van der Waals surface area contributed by atoms with Crippen molar-refractivity contribution in [3.05, 3.63) is 98.6 Å². The van der Waals surface area contributed by atoms with Gasteiger partial charge in [-0.15, -0.1) is 0 Å². The van der Waals surface area contributed by atoms with E-state index < -0.39 is 92.2 Å². The maximum absolute atomic E-state index is 14.8. The van der Waals surface area contributed by atoms with Crippen LogP contribution < -0.4 is 4.90 Å². The molecule has 0 spiro atoms. The number of rotatable bonds is 3. The van der Waals surface area contributed by atoms with Gasteiger partial charge in [-0.05, 0) is 72.5 Å². The van der Waals surface area contributed by atoms with Crippen molar-refractivity contribution in [2.45, 2.75) is 37.8 Å². The molecule has 4 amide bonds. The highest BCUT2D eigenvalue weighted by Gasteiger charge is 2.73. The van der Waals surface area contributed by atoms with Gasteiger partial charge in [0.25, 0.3) is 23.6 Å². The van der Waals surface area contributed by atoms with Gasteiger partial charge in [0.2, 0.25) is 5.41 Å². The van der Waals surface area contributed by atoms with Crippen molar-refractivity contribution in [3.8, 4) is 0 Å². The average molecular weight is 628 g/mol. The number of aryl methyl sites for hydroxylation is 1. The summed E-state index contributed by atoms with van der Waals surface area (Å²) in [6.07, 6.45) is -17.2. The molecule has 3 aromatic carbocycles. The maximum Gasteiger partial charge on any atom is 0.416 e. The number of fused-ring (bicyclic) bond motifs is 2. The van der Waals surface area contributed by atoms with E-state index in [2.05, 4.69) is 0 Å². The van der Waals surface area contributed by atoms with Crippen LogP contribution in [0.1, 0.15) is 69.2 Å². The van der Waals surface area contributed by atoms with Crippen molar-refractivity contribution in [1.29, 1.82) is 0 Å². The zero-order valence-electron chi connectivity index (χ0n) is 22.5. The van der Waals surface area contributed by atoms with Crippen molar-refractivity contribution in [1.82, 2.24) is 4.90 Å². The summed E-state index contributed by atoms with van der Waals surface area (Å²) in [5.74, 6) is -4.78. The minimum Gasteiger partial charge on any atom is -0.277 e. The van der Waals surface area contributed by atoms with Gasteiger partial charge in [-0.25, -0.2) is 4.90 Å². The van der Waals surface area contributed by atoms with Crippen LogP contribution in [-0.4, -0.2) is 47.9 Å². The Morgan fingerprint density at radius 1 is 0.545 bits per heavy atom. The Labute approximate surface area is 241 Å². The molecule has 0 bridgehead atoms. The van der Waals surface area contributed by atoms with Crippen molar-refractivity contribution < 1.29 is 58.7 Å². The van der Waals surface area contributed by atoms with Crippen molar-refractivity contribution in [2.75, 3.05) is 11.9 Å². The van der Waals surface area contributed by atoms with Crippen molar-refractivity contribution >= 4 is 29.3 Å². The van der Waals surface area contributed by atoms with Crippen LogP contribution in [0.25, 0.3) is 0 Å². The largest absolute Gasteiger partial charge is 0.416 e. The van der Waals surface area contributed by atoms with E-state index in [1.807, 2.05) is 0 Å². The first-order valence-corrected chi connectivity index (χ1v) is 12.5. The Morgan fingerprint density at radius 3 is 1.45 bits per heavy atom. The fraction of sp³-hybridized carbons (Fsp3) is 0.241. The molecule has 0 N–H and O–H groups in total. The molecule has 15 heteroatoms. The average Bonchev–Trinajstić information content (AvgIpc) is 3.27. The minimum absolute atomic E-state index is 0.00973. The number of alkyl halides is 9. The Morgan fingerprint density at radius 2 is 0.977 bits per heavy atom. The molecular weight excluding hydrogens is 611 g/mol. The van der Waals surface area contributed by atoms with Gasteiger partial charge in [0.15, 0.2) is 0 Å². The SMILES string of the molecule is Cc1cc(C(F)(F)F)cc(N2C(=O)c3ccc(C(c4ccc5c(c4)C(=O)N(C)C5=O)(C(F)(F)F)C(F)(F)F)cc3C2=O)c1C. The van der Waals surface area contributed by atoms with Gasteiger partial charge in [0.05, 0.1) is 33.5 Å². The summed E-state index contributed by atoms with van der Waals surface area (Å²) in [6, 6.07) is 3.71. The summed E-state index contributed by atoms with van der Waals surface area (Å²) >= 11 is 0. The minimum atomic E-state index is -6.16. The molecule has 2 aliphatic rings. The zero-order chi connectivity index (χ0) is 32.9. The number of nitrogens with zero attached hydrogens (tertiary/aromatic N) is 2. The van der Waals surface area contributed by atoms with Crippen LogP contribution in [0, 0.1) is 13.8 Å². The summed E-state index contributed by atoms with van der Waals surface area (Å²) in [7, 11) is 0.994. The van der Waals surface area contributed by atoms with E-state index in [1.165, 1.54) is 13.8 Å². The van der Waals surface area contributed by atoms with E-state index in [1.54, 1.807) is 0 Å². The molecule has 2 aliphatic heterocycles. The van der Waals surface area contributed by atoms with Crippen molar-refractivity contribution in [2.24, 2.45) is 0 Å². The number of amides is 4. The van der Waals surface area contributed by atoms with E-state index in [-0.39, 0.29) is 22.1 Å². The molecule has 3 aromatic rings. The highest BCUT2D eigenvalue weighted by molar-refractivity contribution is 6.34. The van der Waals surface area contributed by atoms with E-state index in [9.17, 15) is 58.7 Å². The maximum atomic E-state index is 14.8. The van der Waals surface area contributed by atoms with E-state index in [0.29, 0.717) is 41.3 Å². The van der Waals surface area contributed by atoms with E-state index in [4.69, 9.17) is 0 Å². The summed E-state index contributed by atoms with van der Waals surface area (Å²) in [4.78, 5) is 52.0. The van der Waals surface area contributed by atoms with E-state index >= 15 is 0 Å². The normalized spacial score (nSPS) is 15.8. The smallest absolute Gasteiger partial charge is 0.277 e. The van der Waals surface area contributed by atoms with Gasteiger partial charge >= 0.3 is 18.5 Å². The molecule has 230 valence electrons. The Balaban J connectivity index is 1.73. The highest BCUT2D eigenvalue weighted by atomic mass is 19.4. The number of benzene rings is 3. The fourth-order valence-corrected chi connectivity index (χ4v) is 5.51. The Bertz CT molecular complexity index is 1790. The highest BCUT2D eigenvalue weighted by Crippen LogP contribution is 2.57. The van der Waals surface area contributed by atoms with Gasteiger partial charge < -0.3 is 0 Å². The van der Waals surface area contributed by atoms with Crippen LogP contribution in [0.5, 0.6) is 0 Å². The third kappa shape index (κ3) is 4.12. The first kappa shape index (κ1) is 30.8. The number of anilines is 1. The van der Waals surface area contributed by atoms with Gasteiger partial charge in [0, 0.05) is 7.05 Å². The second kappa shape index (κ2) is 9.40. The monoisotopic (exact) mass is 628 g/mol. The summed E-state index contributed by atoms with van der Waals surface area (Å²) < 4.78 is 129. The van der Waals surface area contributed by atoms with Gasteiger partial charge in [-0.3, -0.25) is 24.1 Å². The summed E-state index contributed by atoms with van der Waals surface area (Å²) in [5.41, 5.74) is -12.3. The molecule has 0 unspecified atom stereocenters. The third-order valence-corrected chi connectivity index (χ3v) is 7.90. The molecule has 44 heavy (non-hydrogen) atoms. The number of hydrogen-bond acceptors (Lipinski definition) is 4. The van der Waals surface area contributed by atoms with Crippen LogP contribution in [0.15, 0.2) is 48.5 Å². The third-order valence-electron chi connectivity index (χ3n) is 7.90. The van der Waals surface area contributed by atoms with Crippen LogP contribution >= 0.6 is 0 Å². The lowest BCUT2D eigenvalue weighted by molar-refractivity contribution is -0.288. The molecule has 0 aromatic heterocycles. The van der Waals surface area contributed by atoms with Crippen molar-refractivity contribution in [3.63, 3.8) is 0 Å². The number of carbonyl (C=O) groups excluding carboxylic acids is 4. The summed E-state index contributed by atoms with van der Waals surface area (Å²) in [6.45, 7) is 2.55. The standard InChI is InChI=1S/C29H17F9N2O4/c1-12-8-16(27(30,31)32)11-21(13(12)2)40-24(43)18-7-5-15(10-20(18)25(40)44)26(28(33,34)35,29(36,37)38)14-4-6-17-19(9-14)23(42)39(3)22(17)41/h4-11H,1-3H3. The van der Waals surface area contributed by atoms with Gasteiger partial charge in [-0.1, -0.05) is 12.1 Å². The van der Waals surface area contributed by atoms with Gasteiger partial charge in [0.1, 0.15) is 0 Å². The van der Waals surface area contributed by atoms with Crippen LogP contribution in [0.3, 0.4) is 0 Å². The number of halogens is 9. The Kier molecular flexibility index (Phi) is 6.57. The number of imide groups is 2. The summed E-state index contributed by atoms with van der Waals surface area (Å²) in [5, 5.41) is 0. The van der Waals surface area contributed by atoms with Crippen LogP contribution in [0.2, 0.25) is 0 Å². The lowest BCUT2D eigenvalue weighted by atomic mass is 9.71. The molecule has 5 rings (SSSR count). The topological polar surface area (TPSA) is 74.8 Å². The molecule has 0 radical (unpaired) electrons. The Hall–Kier alpha value is -4.69. The van der Waals surface area contributed by atoms with Crippen LogP contribution in [0.4, 0.5) is 45.2 Å². The molecule has 0 saturated carbocycles. The second-order valence-corrected chi connectivity index (χ2v) is 10.3. The lowest BCUT2D eigenvalue weighted by Gasteiger charge is -2.38. The van der Waals surface area contributed by atoms with Crippen LogP contribution in [-0.2, 0) is 11.6 Å². The lowest BCUT2D eigenvalue weighted by Crippen LogP contribution is -2.55. The molecule has 0 saturated heterocycles.